The number of hydrogen-bond acceptors (Lipinski definition) is 5. The topological polar surface area (TPSA) is 77.4 Å². The summed E-state index contributed by atoms with van der Waals surface area (Å²) in [4.78, 5) is 12.9. The number of nitrogens with zero attached hydrogens (tertiary/aromatic N) is 2. The molecule has 174 valence electrons. The molecule has 1 amide bonds. The van der Waals surface area contributed by atoms with E-state index < -0.39 is 24.2 Å². The van der Waals surface area contributed by atoms with Crippen LogP contribution in [0.3, 0.4) is 0 Å². The molecule has 0 bridgehead atoms. The van der Waals surface area contributed by atoms with Crippen LogP contribution in [-0.4, -0.2) is 36.1 Å². The van der Waals surface area contributed by atoms with Crippen LogP contribution in [-0.2, 0) is 0 Å². The number of anilines is 2. The maximum absolute atomic E-state index is 13.9. The van der Waals surface area contributed by atoms with Crippen LogP contribution in [0.1, 0.15) is 34.4 Å². The Balaban J connectivity index is 1.70. The van der Waals surface area contributed by atoms with E-state index in [-0.39, 0.29) is 17.8 Å². The predicted molar refractivity (Wildman–Crippen MR) is 117 cm³/mol. The van der Waals surface area contributed by atoms with Crippen molar-refractivity contribution in [2.45, 2.75) is 24.7 Å². The maximum atomic E-state index is 13.9. The van der Waals surface area contributed by atoms with Crippen LogP contribution >= 0.6 is 11.6 Å². The number of hydrogen-bond donors (Lipinski definition) is 2. The predicted octanol–water partition coefficient (Wildman–Crippen LogP) is 5.47. The SMILES string of the molecule is COc1ccc(C2CC(C(F)(F)F)n3ncc(C(=O)Nc4cccc(Cl)c4)c3N2)cc1OC. The summed E-state index contributed by atoms with van der Waals surface area (Å²) >= 11 is 5.95. The molecular weight excluding hydrogens is 461 g/mol. The highest BCUT2D eigenvalue weighted by Crippen LogP contribution is 2.45. The van der Waals surface area contributed by atoms with Crippen LogP contribution in [0.5, 0.6) is 11.5 Å². The molecule has 1 aliphatic heterocycles. The molecule has 3 aromatic rings. The van der Waals surface area contributed by atoms with Gasteiger partial charge in [-0.15, -0.1) is 0 Å². The van der Waals surface area contributed by atoms with E-state index in [2.05, 4.69) is 15.7 Å². The number of nitrogens with one attached hydrogen (secondary N) is 2. The van der Waals surface area contributed by atoms with Gasteiger partial charge in [0.2, 0.25) is 0 Å². The van der Waals surface area contributed by atoms with E-state index in [0.29, 0.717) is 27.8 Å². The van der Waals surface area contributed by atoms with E-state index in [0.717, 1.165) is 10.9 Å². The molecule has 11 heteroatoms. The molecule has 33 heavy (non-hydrogen) atoms. The Morgan fingerprint density at radius 1 is 1.18 bits per heavy atom. The van der Waals surface area contributed by atoms with E-state index in [4.69, 9.17) is 21.1 Å². The van der Waals surface area contributed by atoms with Crippen molar-refractivity contribution >= 4 is 29.0 Å². The summed E-state index contributed by atoms with van der Waals surface area (Å²) in [7, 11) is 2.92. The van der Waals surface area contributed by atoms with Gasteiger partial charge < -0.3 is 20.1 Å². The van der Waals surface area contributed by atoms with Crippen LogP contribution < -0.4 is 20.1 Å². The Hall–Kier alpha value is -3.40. The molecule has 1 aliphatic rings. The van der Waals surface area contributed by atoms with Gasteiger partial charge in [-0.2, -0.15) is 18.3 Å². The minimum Gasteiger partial charge on any atom is -0.493 e. The smallest absolute Gasteiger partial charge is 0.410 e. The molecule has 1 aromatic heterocycles. The van der Waals surface area contributed by atoms with Crippen molar-refractivity contribution in [3.63, 3.8) is 0 Å². The van der Waals surface area contributed by atoms with Crippen LogP contribution in [0.25, 0.3) is 0 Å². The number of rotatable bonds is 5. The molecule has 4 rings (SSSR count). The zero-order valence-corrected chi connectivity index (χ0v) is 18.4. The molecule has 0 saturated heterocycles. The first-order chi connectivity index (χ1) is 15.7. The monoisotopic (exact) mass is 480 g/mol. The van der Waals surface area contributed by atoms with Gasteiger partial charge in [0.25, 0.3) is 5.91 Å². The van der Waals surface area contributed by atoms with E-state index in [1.165, 1.54) is 20.3 Å². The second-order valence-corrected chi connectivity index (χ2v) is 7.86. The normalized spacial score (nSPS) is 17.6. The molecular formula is C22H20ClF3N4O3. The minimum absolute atomic E-state index is 0.0191. The molecule has 2 heterocycles. The summed E-state index contributed by atoms with van der Waals surface area (Å²) in [5, 5.41) is 9.98. The summed E-state index contributed by atoms with van der Waals surface area (Å²) in [6.45, 7) is 0. The number of methoxy groups -OCH3 is 2. The molecule has 0 aliphatic carbocycles. The van der Waals surface area contributed by atoms with E-state index in [9.17, 15) is 18.0 Å². The van der Waals surface area contributed by atoms with E-state index in [1.54, 1.807) is 36.4 Å². The summed E-state index contributed by atoms with van der Waals surface area (Å²) in [5.41, 5.74) is 0.942. The van der Waals surface area contributed by atoms with Gasteiger partial charge in [-0.05, 0) is 35.9 Å². The fraction of sp³-hybridized carbons (Fsp3) is 0.273. The number of halogens is 4. The molecule has 0 saturated carbocycles. The number of alkyl halides is 3. The van der Waals surface area contributed by atoms with E-state index in [1.807, 2.05) is 0 Å². The standard InChI is InChI=1S/C22H20ClF3N4O3/c1-32-17-7-6-12(8-18(17)33-2)16-10-19(22(24,25)26)30-20(29-16)15(11-27-30)21(31)28-14-5-3-4-13(23)9-14/h3-9,11,16,19,29H,10H2,1-2H3,(H,28,31). The van der Waals surface area contributed by atoms with Crippen LogP contribution in [0.4, 0.5) is 24.7 Å². The van der Waals surface area contributed by atoms with Crippen molar-refractivity contribution < 1.29 is 27.4 Å². The average molecular weight is 481 g/mol. The molecule has 2 aromatic carbocycles. The fourth-order valence-electron chi connectivity index (χ4n) is 3.78. The first-order valence-corrected chi connectivity index (χ1v) is 10.3. The third kappa shape index (κ3) is 4.56. The molecule has 0 fully saturated rings. The second-order valence-electron chi connectivity index (χ2n) is 7.42. The van der Waals surface area contributed by atoms with Crippen molar-refractivity contribution in [1.29, 1.82) is 0 Å². The Morgan fingerprint density at radius 3 is 2.61 bits per heavy atom. The number of benzene rings is 2. The van der Waals surface area contributed by atoms with Crippen molar-refractivity contribution in [2.75, 3.05) is 24.9 Å². The highest BCUT2D eigenvalue weighted by molar-refractivity contribution is 6.31. The summed E-state index contributed by atoms with van der Waals surface area (Å²) in [5.74, 6) is 0.206. The molecule has 0 radical (unpaired) electrons. The van der Waals surface area contributed by atoms with Gasteiger partial charge in [0.1, 0.15) is 11.4 Å². The number of carbonyl (C=O) groups is 1. The van der Waals surface area contributed by atoms with Gasteiger partial charge in [0.15, 0.2) is 17.5 Å². The quantitative estimate of drug-likeness (QED) is 0.506. The molecule has 2 atom stereocenters. The number of fused-ring (bicyclic) bond motifs is 1. The lowest BCUT2D eigenvalue weighted by Gasteiger charge is -2.34. The lowest BCUT2D eigenvalue weighted by molar-refractivity contribution is -0.173. The van der Waals surface area contributed by atoms with Crippen molar-refractivity contribution in [2.24, 2.45) is 0 Å². The first kappa shape index (κ1) is 22.8. The average Bonchev–Trinajstić information content (AvgIpc) is 3.21. The number of amides is 1. The summed E-state index contributed by atoms with van der Waals surface area (Å²) in [6, 6.07) is 8.67. The van der Waals surface area contributed by atoms with Crippen LogP contribution in [0.15, 0.2) is 48.7 Å². The fourth-order valence-corrected chi connectivity index (χ4v) is 3.97. The molecule has 2 unspecified atom stereocenters. The van der Waals surface area contributed by atoms with Gasteiger partial charge >= 0.3 is 6.18 Å². The summed E-state index contributed by atoms with van der Waals surface area (Å²) in [6.07, 6.45) is -3.76. The second kappa shape index (κ2) is 8.86. The van der Waals surface area contributed by atoms with Crippen LogP contribution in [0.2, 0.25) is 5.02 Å². The zero-order valence-electron chi connectivity index (χ0n) is 17.6. The number of aromatic nitrogens is 2. The molecule has 2 N–H and O–H groups in total. The van der Waals surface area contributed by atoms with Crippen molar-refractivity contribution in [3.8, 4) is 11.5 Å². The Kier molecular flexibility index (Phi) is 6.11. The number of carbonyl (C=O) groups excluding carboxylic acids is 1. The zero-order chi connectivity index (χ0) is 23.8. The minimum atomic E-state index is -4.57. The number of ether oxygens (including phenoxy) is 2. The van der Waals surface area contributed by atoms with Gasteiger partial charge in [-0.25, -0.2) is 4.68 Å². The first-order valence-electron chi connectivity index (χ1n) is 9.91. The lowest BCUT2D eigenvalue weighted by Crippen LogP contribution is -2.36. The van der Waals surface area contributed by atoms with Gasteiger partial charge in [-0.3, -0.25) is 4.79 Å². The highest BCUT2D eigenvalue weighted by atomic mass is 35.5. The van der Waals surface area contributed by atoms with Gasteiger partial charge in [0.05, 0.1) is 26.5 Å². The largest absolute Gasteiger partial charge is 0.493 e. The van der Waals surface area contributed by atoms with Crippen molar-refractivity contribution in [3.05, 3.63) is 64.8 Å². The maximum Gasteiger partial charge on any atom is 0.410 e. The third-order valence-electron chi connectivity index (χ3n) is 5.38. The van der Waals surface area contributed by atoms with E-state index >= 15 is 0 Å². The lowest BCUT2D eigenvalue weighted by atomic mass is 9.96. The Bertz CT molecular complexity index is 1180. The Morgan fingerprint density at radius 2 is 1.94 bits per heavy atom. The molecule has 7 nitrogen and oxygen atoms in total. The molecule has 0 spiro atoms. The van der Waals surface area contributed by atoms with Crippen molar-refractivity contribution in [1.82, 2.24) is 9.78 Å². The third-order valence-corrected chi connectivity index (χ3v) is 5.61. The van der Waals surface area contributed by atoms with Crippen LogP contribution in [0, 0.1) is 0 Å². The van der Waals surface area contributed by atoms with Gasteiger partial charge in [0, 0.05) is 17.1 Å². The Labute approximate surface area is 192 Å². The van der Waals surface area contributed by atoms with Gasteiger partial charge in [-0.1, -0.05) is 23.7 Å². The summed E-state index contributed by atoms with van der Waals surface area (Å²) < 4.78 is 53.1. The highest BCUT2D eigenvalue weighted by Gasteiger charge is 2.47.